The van der Waals surface area contributed by atoms with Crippen LogP contribution in [-0.2, 0) is 14.3 Å². The smallest absolute Gasteiger partial charge is 0.310 e. The number of esters is 1. The molecule has 2 atom stereocenters. The largest absolute Gasteiger partial charge is 0.481 e. The highest BCUT2D eigenvalue weighted by molar-refractivity contribution is 5.81. The predicted molar refractivity (Wildman–Crippen MR) is 54.3 cm³/mol. The molecule has 1 rings (SSSR count). The Morgan fingerprint density at radius 1 is 1.20 bits per heavy atom. The molecule has 15 heavy (non-hydrogen) atoms. The summed E-state index contributed by atoms with van der Waals surface area (Å²) in [5, 5.41) is 8.98. The third-order valence-corrected chi connectivity index (χ3v) is 2.74. The molecule has 0 aliphatic heterocycles. The van der Waals surface area contributed by atoms with Crippen LogP contribution in [0.15, 0.2) is 0 Å². The van der Waals surface area contributed by atoms with Crippen molar-refractivity contribution in [1.29, 1.82) is 0 Å². The van der Waals surface area contributed by atoms with E-state index < -0.39 is 17.8 Å². The van der Waals surface area contributed by atoms with E-state index in [4.69, 9.17) is 9.84 Å². The molecular weight excluding hydrogens is 196 g/mol. The van der Waals surface area contributed by atoms with Crippen molar-refractivity contribution >= 4 is 11.9 Å². The van der Waals surface area contributed by atoms with Crippen molar-refractivity contribution < 1.29 is 19.4 Å². The molecule has 0 saturated heterocycles. The summed E-state index contributed by atoms with van der Waals surface area (Å²) < 4.78 is 5.07. The molecule has 0 radical (unpaired) electrons. The normalized spacial score (nSPS) is 26.3. The molecule has 0 bridgehead atoms. The maximum atomic E-state index is 11.6. The molecule has 1 aliphatic rings. The lowest BCUT2D eigenvalue weighted by Crippen LogP contribution is -2.34. The molecule has 1 saturated carbocycles. The number of carbonyl (C=O) groups is 2. The van der Waals surface area contributed by atoms with Crippen LogP contribution in [-0.4, -0.2) is 23.1 Å². The Morgan fingerprint density at radius 2 is 1.73 bits per heavy atom. The first-order chi connectivity index (χ1) is 7.02. The van der Waals surface area contributed by atoms with Gasteiger partial charge in [-0.05, 0) is 26.7 Å². The second kappa shape index (κ2) is 5.14. The van der Waals surface area contributed by atoms with E-state index in [1.165, 1.54) is 0 Å². The van der Waals surface area contributed by atoms with Crippen LogP contribution in [0.3, 0.4) is 0 Å². The molecule has 0 heterocycles. The van der Waals surface area contributed by atoms with E-state index in [1.807, 2.05) is 0 Å². The molecule has 0 aromatic carbocycles. The fourth-order valence-corrected chi connectivity index (χ4v) is 2.03. The molecule has 4 heteroatoms. The van der Waals surface area contributed by atoms with Crippen molar-refractivity contribution in [2.24, 2.45) is 11.8 Å². The Balaban J connectivity index is 2.63. The number of hydrogen-bond acceptors (Lipinski definition) is 3. The minimum Gasteiger partial charge on any atom is -0.481 e. The van der Waals surface area contributed by atoms with Gasteiger partial charge in [-0.15, -0.1) is 0 Å². The number of ether oxygens (including phenoxy) is 1. The summed E-state index contributed by atoms with van der Waals surface area (Å²) in [4.78, 5) is 22.6. The number of rotatable bonds is 3. The van der Waals surface area contributed by atoms with E-state index in [0.717, 1.165) is 12.8 Å². The minimum atomic E-state index is -0.875. The van der Waals surface area contributed by atoms with Gasteiger partial charge in [0.25, 0.3) is 0 Å². The molecule has 0 aromatic rings. The first-order valence-electron chi connectivity index (χ1n) is 5.45. The van der Waals surface area contributed by atoms with E-state index in [9.17, 15) is 9.59 Å². The van der Waals surface area contributed by atoms with Gasteiger partial charge in [-0.3, -0.25) is 9.59 Å². The molecule has 0 unspecified atom stereocenters. The Hall–Kier alpha value is -1.06. The fraction of sp³-hybridized carbons (Fsp3) is 0.818. The van der Waals surface area contributed by atoms with Crippen LogP contribution in [0, 0.1) is 11.8 Å². The van der Waals surface area contributed by atoms with Crippen molar-refractivity contribution in [3.05, 3.63) is 0 Å². The number of carboxylic acid groups (broad SMARTS) is 1. The summed E-state index contributed by atoms with van der Waals surface area (Å²) in [6, 6.07) is 0. The zero-order valence-electron chi connectivity index (χ0n) is 9.23. The van der Waals surface area contributed by atoms with Gasteiger partial charge in [0, 0.05) is 0 Å². The van der Waals surface area contributed by atoms with Crippen LogP contribution in [0.25, 0.3) is 0 Å². The fourth-order valence-electron chi connectivity index (χ4n) is 2.03. The predicted octanol–water partition coefficient (Wildman–Crippen LogP) is 1.83. The van der Waals surface area contributed by atoms with Gasteiger partial charge < -0.3 is 9.84 Å². The van der Waals surface area contributed by atoms with Gasteiger partial charge in [-0.1, -0.05) is 12.8 Å². The highest BCUT2D eigenvalue weighted by Gasteiger charge is 2.36. The second-order valence-corrected chi connectivity index (χ2v) is 4.32. The average Bonchev–Trinajstić information content (AvgIpc) is 2.16. The molecule has 1 aliphatic carbocycles. The van der Waals surface area contributed by atoms with Crippen molar-refractivity contribution in [1.82, 2.24) is 0 Å². The first kappa shape index (κ1) is 12.0. The number of aliphatic carboxylic acids is 1. The average molecular weight is 214 g/mol. The van der Waals surface area contributed by atoms with Crippen LogP contribution in [0.4, 0.5) is 0 Å². The lowest BCUT2D eigenvalue weighted by molar-refractivity contribution is -0.162. The monoisotopic (exact) mass is 214 g/mol. The van der Waals surface area contributed by atoms with Gasteiger partial charge in [0.05, 0.1) is 17.9 Å². The first-order valence-corrected chi connectivity index (χ1v) is 5.45. The lowest BCUT2D eigenvalue weighted by Gasteiger charge is -2.27. The van der Waals surface area contributed by atoms with Crippen molar-refractivity contribution in [3.63, 3.8) is 0 Å². The zero-order valence-corrected chi connectivity index (χ0v) is 9.23. The van der Waals surface area contributed by atoms with E-state index in [1.54, 1.807) is 13.8 Å². The van der Waals surface area contributed by atoms with E-state index in [-0.39, 0.29) is 12.1 Å². The van der Waals surface area contributed by atoms with Crippen LogP contribution in [0.2, 0.25) is 0 Å². The van der Waals surface area contributed by atoms with Crippen LogP contribution < -0.4 is 0 Å². The summed E-state index contributed by atoms with van der Waals surface area (Å²) in [7, 11) is 0. The molecule has 0 aromatic heterocycles. The van der Waals surface area contributed by atoms with E-state index >= 15 is 0 Å². The number of hydrogen-bond donors (Lipinski definition) is 1. The summed E-state index contributed by atoms with van der Waals surface area (Å²) in [6.45, 7) is 3.55. The van der Waals surface area contributed by atoms with Gasteiger partial charge in [-0.25, -0.2) is 0 Å². The highest BCUT2D eigenvalue weighted by Crippen LogP contribution is 2.31. The highest BCUT2D eigenvalue weighted by atomic mass is 16.5. The Kier molecular flexibility index (Phi) is 4.12. The summed E-state index contributed by atoms with van der Waals surface area (Å²) in [5.74, 6) is -2.22. The van der Waals surface area contributed by atoms with E-state index in [0.29, 0.717) is 12.8 Å². The molecule has 1 N–H and O–H groups in total. The molecule has 86 valence electrons. The topological polar surface area (TPSA) is 63.6 Å². The Morgan fingerprint density at radius 3 is 2.20 bits per heavy atom. The summed E-state index contributed by atoms with van der Waals surface area (Å²) in [6.07, 6.45) is 2.87. The van der Waals surface area contributed by atoms with Gasteiger partial charge in [-0.2, -0.15) is 0 Å². The maximum absolute atomic E-state index is 11.6. The van der Waals surface area contributed by atoms with Crippen LogP contribution in [0.5, 0.6) is 0 Å². The second-order valence-electron chi connectivity index (χ2n) is 4.32. The third-order valence-electron chi connectivity index (χ3n) is 2.74. The van der Waals surface area contributed by atoms with Crippen molar-refractivity contribution in [3.8, 4) is 0 Å². The Bertz CT molecular complexity index is 247. The van der Waals surface area contributed by atoms with E-state index in [2.05, 4.69) is 0 Å². The van der Waals surface area contributed by atoms with Crippen molar-refractivity contribution in [2.75, 3.05) is 0 Å². The van der Waals surface area contributed by atoms with Gasteiger partial charge in [0.2, 0.25) is 0 Å². The summed E-state index contributed by atoms with van der Waals surface area (Å²) in [5.41, 5.74) is 0. The molecular formula is C11H18O4. The standard InChI is InChI=1S/C11H18O4/c1-7(2)15-11(14)9-6-4-3-5-8(9)10(12)13/h7-9H,3-6H2,1-2H3,(H,12,13)/t8-,9+/m1/s1. The Labute approximate surface area is 89.6 Å². The SMILES string of the molecule is CC(C)OC(=O)[C@H]1CCCC[C@H]1C(=O)O. The molecule has 1 fully saturated rings. The maximum Gasteiger partial charge on any atom is 0.310 e. The van der Waals surface area contributed by atoms with Gasteiger partial charge in [0.15, 0.2) is 0 Å². The van der Waals surface area contributed by atoms with Gasteiger partial charge >= 0.3 is 11.9 Å². The molecule has 0 amide bonds. The third kappa shape index (κ3) is 3.22. The lowest BCUT2D eigenvalue weighted by atomic mass is 9.79. The number of carboxylic acids is 1. The minimum absolute atomic E-state index is 0.172. The molecule has 4 nitrogen and oxygen atoms in total. The van der Waals surface area contributed by atoms with Crippen LogP contribution in [0.1, 0.15) is 39.5 Å². The van der Waals surface area contributed by atoms with Crippen molar-refractivity contribution in [2.45, 2.75) is 45.6 Å². The zero-order chi connectivity index (χ0) is 11.4. The quantitative estimate of drug-likeness (QED) is 0.728. The number of carbonyl (C=O) groups excluding carboxylic acids is 1. The summed E-state index contributed by atoms with van der Waals surface area (Å²) >= 11 is 0. The van der Waals surface area contributed by atoms with Crippen LogP contribution >= 0.6 is 0 Å². The van der Waals surface area contributed by atoms with Gasteiger partial charge in [0.1, 0.15) is 0 Å². The molecule has 0 spiro atoms.